The van der Waals surface area contributed by atoms with Gasteiger partial charge in [0.15, 0.2) is 0 Å². The summed E-state index contributed by atoms with van der Waals surface area (Å²) in [6.07, 6.45) is 0.802. The van der Waals surface area contributed by atoms with Gasteiger partial charge in [-0.15, -0.1) is 0 Å². The number of hydrogen-bond donors (Lipinski definition) is 1. The van der Waals surface area contributed by atoms with Crippen LogP contribution in [0.4, 0.5) is 4.39 Å². The molecule has 1 aromatic carbocycles. The van der Waals surface area contributed by atoms with Gasteiger partial charge in [-0.2, -0.15) is 0 Å². The lowest BCUT2D eigenvalue weighted by molar-refractivity contribution is 0.0696. The fourth-order valence-corrected chi connectivity index (χ4v) is 1.67. The van der Waals surface area contributed by atoms with Crippen LogP contribution in [0, 0.1) is 0 Å². The molecule has 0 atom stereocenters. The van der Waals surface area contributed by atoms with Crippen molar-refractivity contribution in [1.29, 1.82) is 0 Å². The van der Waals surface area contributed by atoms with Gasteiger partial charge < -0.3 is 10.0 Å². The molecule has 0 aliphatic rings. The maximum atomic E-state index is 12.6. The quantitative estimate of drug-likeness (QED) is 0.876. The SMILES string of the molecule is CCCN(C)C(=O)c1cc(CF)cc(C(=O)O)c1. The lowest BCUT2D eigenvalue weighted by Crippen LogP contribution is -2.27. The second kappa shape index (κ2) is 6.14. The Morgan fingerprint density at radius 2 is 1.89 bits per heavy atom. The lowest BCUT2D eigenvalue weighted by atomic mass is 10.1. The van der Waals surface area contributed by atoms with E-state index in [-0.39, 0.29) is 22.6 Å². The number of carbonyl (C=O) groups excluding carboxylic acids is 1. The van der Waals surface area contributed by atoms with Gasteiger partial charge in [0.05, 0.1) is 5.56 Å². The van der Waals surface area contributed by atoms with Gasteiger partial charge in [-0.25, -0.2) is 9.18 Å². The van der Waals surface area contributed by atoms with Gasteiger partial charge in [0, 0.05) is 19.2 Å². The molecule has 0 radical (unpaired) electrons. The monoisotopic (exact) mass is 253 g/mol. The summed E-state index contributed by atoms with van der Waals surface area (Å²) >= 11 is 0. The normalized spacial score (nSPS) is 10.2. The van der Waals surface area contributed by atoms with E-state index in [4.69, 9.17) is 5.11 Å². The van der Waals surface area contributed by atoms with Crippen molar-refractivity contribution >= 4 is 11.9 Å². The summed E-state index contributed by atoms with van der Waals surface area (Å²) in [6.45, 7) is 1.71. The van der Waals surface area contributed by atoms with Gasteiger partial charge in [0.1, 0.15) is 6.67 Å². The van der Waals surface area contributed by atoms with E-state index in [1.807, 2.05) is 6.92 Å². The maximum absolute atomic E-state index is 12.6. The van der Waals surface area contributed by atoms with Gasteiger partial charge in [-0.1, -0.05) is 6.92 Å². The Bertz CT molecular complexity index is 460. The van der Waals surface area contributed by atoms with Crippen molar-refractivity contribution in [2.24, 2.45) is 0 Å². The van der Waals surface area contributed by atoms with Crippen LogP contribution in [0.5, 0.6) is 0 Å². The first-order valence-corrected chi connectivity index (χ1v) is 5.68. The summed E-state index contributed by atoms with van der Waals surface area (Å²) in [4.78, 5) is 24.4. The molecule has 0 saturated carbocycles. The highest BCUT2D eigenvalue weighted by atomic mass is 19.1. The number of amides is 1. The summed E-state index contributed by atoms with van der Waals surface area (Å²) < 4.78 is 12.6. The van der Waals surface area contributed by atoms with Gasteiger partial charge in [-0.05, 0) is 30.2 Å². The van der Waals surface area contributed by atoms with Crippen LogP contribution in [0.2, 0.25) is 0 Å². The highest BCUT2D eigenvalue weighted by molar-refractivity contribution is 5.97. The van der Waals surface area contributed by atoms with Crippen LogP contribution >= 0.6 is 0 Å². The van der Waals surface area contributed by atoms with E-state index in [1.165, 1.54) is 23.1 Å². The number of benzene rings is 1. The molecular weight excluding hydrogens is 237 g/mol. The van der Waals surface area contributed by atoms with E-state index >= 15 is 0 Å². The van der Waals surface area contributed by atoms with Crippen molar-refractivity contribution in [2.75, 3.05) is 13.6 Å². The third-order valence-electron chi connectivity index (χ3n) is 2.55. The Hall–Kier alpha value is -1.91. The maximum Gasteiger partial charge on any atom is 0.335 e. The van der Waals surface area contributed by atoms with Crippen molar-refractivity contribution in [1.82, 2.24) is 4.90 Å². The Balaban J connectivity index is 3.11. The Kier molecular flexibility index (Phi) is 4.83. The lowest BCUT2D eigenvalue weighted by Gasteiger charge is -2.16. The van der Waals surface area contributed by atoms with Gasteiger partial charge in [0.25, 0.3) is 5.91 Å². The molecule has 0 saturated heterocycles. The Labute approximate surface area is 105 Å². The zero-order chi connectivity index (χ0) is 13.7. The molecule has 1 rings (SSSR count). The summed E-state index contributed by atoms with van der Waals surface area (Å²) in [7, 11) is 1.63. The molecule has 0 aliphatic carbocycles. The number of nitrogens with zero attached hydrogens (tertiary/aromatic N) is 1. The van der Waals surface area contributed by atoms with E-state index in [1.54, 1.807) is 7.05 Å². The van der Waals surface area contributed by atoms with Crippen molar-refractivity contribution in [3.8, 4) is 0 Å². The second-order valence-corrected chi connectivity index (χ2v) is 4.08. The van der Waals surface area contributed by atoms with Crippen LogP contribution < -0.4 is 0 Å². The molecule has 5 heteroatoms. The zero-order valence-electron chi connectivity index (χ0n) is 10.4. The molecule has 0 fully saturated rings. The Morgan fingerprint density at radius 1 is 1.28 bits per heavy atom. The largest absolute Gasteiger partial charge is 0.478 e. The molecule has 1 N–H and O–H groups in total. The molecule has 18 heavy (non-hydrogen) atoms. The van der Waals surface area contributed by atoms with E-state index < -0.39 is 12.6 Å². The minimum Gasteiger partial charge on any atom is -0.478 e. The molecule has 1 amide bonds. The predicted octanol–water partition coefficient (Wildman–Crippen LogP) is 2.34. The summed E-state index contributed by atoms with van der Waals surface area (Å²) in [5, 5.41) is 8.91. The van der Waals surface area contributed by atoms with Crippen LogP contribution in [0.3, 0.4) is 0 Å². The summed E-state index contributed by atoms with van der Waals surface area (Å²) in [6, 6.07) is 3.90. The van der Waals surface area contributed by atoms with Crippen LogP contribution in [0.1, 0.15) is 39.6 Å². The van der Waals surface area contributed by atoms with Gasteiger partial charge >= 0.3 is 5.97 Å². The molecule has 0 aliphatic heterocycles. The molecule has 1 aromatic rings. The molecular formula is C13H16FNO3. The minimum absolute atomic E-state index is 0.0709. The molecule has 0 bridgehead atoms. The van der Waals surface area contributed by atoms with Gasteiger partial charge in [0.2, 0.25) is 0 Å². The van der Waals surface area contributed by atoms with Crippen LogP contribution in [-0.2, 0) is 6.67 Å². The highest BCUT2D eigenvalue weighted by Crippen LogP contribution is 2.14. The number of carboxylic acid groups (broad SMARTS) is 1. The molecule has 0 unspecified atom stereocenters. The number of halogens is 1. The number of carbonyl (C=O) groups is 2. The smallest absolute Gasteiger partial charge is 0.335 e. The van der Waals surface area contributed by atoms with Crippen molar-refractivity contribution in [3.05, 3.63) is 34.9 Å². The first kappa shape index (κ1) is 14.2. The predicted molar refractivity (Wildman–Crippen MR) is 65.5 cm³/mol. The van der Waals surface area contributed by atoms with Crippen LogP contribution in [0.25, 0.3) is 0 Å². The first-order valence-electron chi connectivity index (χ1n) is 5.68. The zero-order valence-corrected chi connectivity index (χ0v) is 10.4. The van der Waals surface area contributed by atoms with Crippen LogP contribution in [0.15, 0.2) is 18.2 Å². The Morgan fingerprint density at radius 3 is 2.39 bits per heavy atom. The average molecular weight is 253 g/mol. The molecule has 0 heterocycles. The van der Waals surface area contributed by atoms with E-state index in [0.717, 1.165) is 6.42 Å². The third kappa shape index (κ3) is 3.29. The number of aromatic carboxylic acids is 1. The van der Waals surface area contributed by atoms with Crippen molar-refractivity contribution < 1.29 is 19.1 Å². The topological polar surface area (TPSA) is 57.6 Å². The summed E-state index contributed by atoms with van der Waals surface area (Å²) in [5.74, 6) is -1.47. The minimum atomic E-state index is -1.17. The highest BCUT2D eigenvalue weighted by Gasteiger charge is 2.15. The number of carboxylic acids is 1. The molecule has 0 aromatic heterocycles. The third-order valence-corrected chi connectivity index (χ3v) is 2.55. The van der Waals surface area contributed by atoms with E-state index in [0.29, 0.717) is 6.54 Å². The van der Waals surface area contributed by atoms with Gasteiger partial charge in [-0.3, -0.25) is 4.79 Å². The van der Waals surface area contributed by atoms with Crippen molar-refractivity contribution in [3.63, 3.8) is 0 Å². The number of alkyl halides is 1. The first-order chi connectivity index (χ1) is 8.49. The average Bonchev–Trinajstić information content (AvgIpc) is 2.37. The van der Waals surface area contributed by atoms with Crippen molar-refractivity contribution in [2.45, 2.75) is 20.0 Å². The molecule has 98 valence electrons. The standard InChI is InChI=1S/C13H16FNO3/c1-3-4-15(2)12(16)10-5-9(8-14)6-11(7-10)13(17)18/h5-7H,3-4,8H2,1-2H3,(H,17,18). The number of rotatable bonds is 5. The fourth-order valence-electron chi connectivity index (χ4n) is 1.67. The van der Waals surface area contributed by atoms with E-state index in [2.05, 4.69) is 0 Å². The summed E-state index contributed by atoms with van der Waals surface area (Å²) in [5.41, 5.74) is 0.333. The fraction of sp³-hybridized carbons (Fsp3) is 0.385. The van der Waals surface area contributed by atoms with E-state index in [9.17, 15) is 14.0 Å². The molecule has 4 nitrogen and oxygen atoms in total. The number of hydrogen-bond acceptors (Lipinski definition) is 2. The second-order valence-electron chi connectivity index (χ2n) is 4.08. The van der Waals surface area contributed by atoms with Crippen LogP contribution in [-0.4, -0.2) is 35.5 Å². The molecule has 0 spiro atoms.